The van der Waals surface area contributed by atoms with E-state index < -0.39 is 5.97 Å². The molecule has 3 heteroatoms. The van der Waals surface area contributed by atoms with Crippen molar-refractivity contribution < 1.29 is 14.3 Å². The van der Waals surface area contributed by atoms with Crippen LogP contribution in [0.3, 0.4) is 0 Å². The predicted molar refractivity (Wildman–Crippen MR) is 81.7 cm³/mol. The molecule has 3 nitrogen and oxygen atoms in total. The minimum absolute atomic E-state index is 0.200. The Bertz CT molecular complexity index is 669. The van der Waals surface area contributed by atoms with Crippen molar-refractivity contribution in [1.82, 2.24) is 0 Å². The van der Waals surface area contributed by atoms with E-state index in [0.29, 0.717) is 11.1 Å². The first-order valence-corrected chi connectivity index (χ1v) is 6.81. The molecule has 0 amide bonds. The average molecular weight is 282 g/mol. The van der Waals surface area contributed by atoms with E-state index in [-0.39, 0.29) is 12.4 Å². The second-order valence-corrected chi connectivity index (χ2v) is 5.18. The molecule has 0 aromatic heterocycles. The first-order chi connectivity index (χ1) is 9.97. The van der Waals surface area contributed by atoms with Crippen molar-refractivity contribution in [1.29, 1.82) is 0 Å². The molecule has 2 aromatic carbocycles. The van der Waals surface area contributed by atoms with Gasteiger partial charge in [-0.05, 0) is 32.4 Å². The zero-order valence-electron chi connectivity index (χ0n) is 12.5. The maximum atomic E-state index is 12.0. The summed E-state index contributed by atoms with van der Waals surface area (Å²) in [6.07, 6.45) is 0. The summed E-state index contributed by atoms with van der Waals surface area (Å²) >= 11 is 0. The molecule has 0 atom stereocenters. The van der Waals surface area contributed by atoms with Crippen LogP contribution in [0.1, 0.15) is 37.4 Å². The molecule has 0 fully saturated rings. The molecule has 0 radical (unpaired) electrons. The van der Waals surface area contributed by atoms with Crippen molar-refractivity contribution in [2.45, 2.75) is 20.8 Å². The third-order valence-electron chi connectivity index (χ3n) is 3.32. The van der Waals surface area contributed by atoms with Gasteiger partial charge in [-0.3, -0.25) is 4.79 Å². The lowest BCUT2D eigenvalue weighted by Crippen LogP contribution is -2.15. The number of ketones is 1. The topological polar surface area (TPSA) is 43.4 Å². The van der Waals surface area contributed by atoms with Crippen LogP contribution >= 0.6 is 0 Å². The molecule has 21 heavy (non-hydrogen) atoms. The maximum Gasteiger partial charge on any atom is 0.338 e. The zero-order valence-corrected chi connectivity index (χ0v) is 12.5. The van der Waals surface area contributed by atoms with E-state index in [1.165, 1.54) is 0 Å². The average Bonchev–Trinajstić information content (AvgIpc) is 2.47. The van der Waals surface area contributed by atoms with Gasteiger partial charge in [0.25, 0.3) is 0 Å². The number of esters is 1. The zero-order chi connectivity index (χ0) is 15.4. The monoisotopic (exact) mass is 282 g/mol. The predicted octanol–water partition coefficient (Wildman–Crippen LogP) is 3.65. The summed E-state index contributed by atoms with van der Waals surface area (Å²) in [5.41, 5.74) is 3.96. The molecule has 0 spiro atoms. The Kier molecular flexibility index (Phi) is 4.53. The number of aryl methyl sites for hydroxylation is 3. The van der Waals surface area contributed by atoms with E-state index in [0.717, 1.165) is 16.7 Å². The van der Waals surface area contributed by atoms with E-state index in [1.807, 2.05) is 45.0 Å². The molecular formula is C18H18O3. The fraction of sp³-hybridized carbons (Fsp3) is 0.222. The second kappa shape index (κ2) is 6.35. The normalized spacial score (nSPS) is 10.2. The largest absolute Gasteiger partial charge is 0.454 e. The molecule has 0 saturated carbocycles. The van der Waals surface area contributed by atoms with Gasteiger partial charge in [-0.25, -0.2) is 4.79 Å². The number of hydrogen-bond donors (Lipinski definition) is 0. The molecular weight excluding hydrogens is 264 g/mol. The fourth-order valence-electron chi connectivity index (χ4n) is 1.99. The van der Waals surface area contributed by atoms with Crippen LogP contribution in [-0.2, 0) is 4.74 Å². The van der Waals surface area contributed by atoms with Crippen molar-refractivity contribution in [3.05, 3.63) is 70.3 Å². The minimum atomic E-state index is -0.461. The summed E-state index contributed by atoms with van der Waals surface area (Å²) in [5, 5.41) is 0. The van der Waals surface area contributed by atoms with Crippen molar-refractivity contribution in [2.75, 3.05) is 6.61 Å². The lowest BCUT2D eigenvalue weighted by Gasteiger charge is -2.08. The van der Waals surface area contributed by atoms with Crippen LogP contribution in [0.15, 0.2) is 42.5 Å². The van der Waals surface area contributed by atoms with Crippen molar-refractivity contribution in [3.8, 4) is 0 Å². The first kappa shape index (κ1) is 15.0. The van der Waals surface area contributed by atoms with Crippen molar-refractivity contribution in [2.24, 2.45) is 0 Å². The fourth-order valence-corrected chi connectivity index (χ4v) is 1.99. The van der Waals surface area contributed by atoms with Crippen LogP contribution in [-0.4, -0.2) is 18.4 Å². The number of carbonyl (C=O) groups excluding carboxylic acids is 2. The summed E-state index contributed by atoms with van der Waals surface area (Å²) in [5.74, 6) is -0.662. The van der Waals surface area contributed by atoms with Gasteiger partial charge in [0.05, 0.1) is 5.56 Å². The molecule has 2 aromatic rings. The molecule has 0 heterocycles. The molecule has 0 N–H and O–H groups in total. The molecule has 0 unspecified atom stereocenters. The standard InChI is InChI=1S/C18H18O3/c1-12-5-8-15(9-6-12)17(19)11-21-18(20)16-10-13(2)4-7-14(16)3/h4-10H,11H2,1-3H3. The Hall–Kier alpha value is -2.42. The van der Waals surface area contributed by atoms with Crippen LogP contribution in [0.25, 0.3) is 0 Å². The van der Waals surface area contributed by atoms with Crippen LogP contribution < -0.4 is 0 Å². The summed E-state index contributed by atoms with van der Waals surface area (Å²) in [6.45, 7) is 5.47. The highest BCUT2D eigenvalue weighted by molar-refractivity contribution is 5.99. The van der Waals surface area contributed by atoms with Gasteiger partial charge >= 0.3 is 5.97 Å². The van der Waals surface area contributed by atoms with Gasteiger partial charge in [-0.2, -0.15) is 0 Å². The molecule has 0 bridgehead atoms. The highest BCUT2D eigenvalue weighted by atomic mass is 16.5. The molecule has 2 rings (SSSR count). The Balaban J connectivity index is 2.02. The Morgan fingerprint density at radius 3 is 2.19 bits per heavy atom. The van der Waals surface area contributed by atoms with Gasteiger partial charge in [0.2, 0.25) is 0 Å². The Labute approximate surface area is 124 Å². The number of carbonyl (C=O) groups is 2. The lowest BCUT2D eigenvalue weighted by molar-refractivity contribution is 0.0474. The molecule has 0 aliphatic heterocycles. The number of Topliss-reactive ketones (excluding diaryl/α,β-unsaturated/α-hetero) is 1. The van der Waals surface area contributed by atoms with Crippen molar-refractivity contribution in [3.63, 3.8) is 0 Å². The lowest BCUT2D eigenvalue weighted by atomic mass is 10.1. The van der Waals surface area contributed by atoms with Crippen LogP contribution in [0, 0.1) is 20.8 Å². The number of ether oxygens (including phenoxy) is 1. The van der Waals surface area contributed by atoms with Crippen LogP contribution in [0.4, 0.5) is 0 Å². The maximum absolute atomic E-state index is 12.0. The van der Waals surface area contributed by atoms with E-state index in [1.54, 1.807) is 18.2 Å². The Morgan fingerprint density at radius 2 is 1.52 bits per heavy atom. The number of benzene rings is 2. The highest BCUT2D eigenvalue weighted by Gasteiger charge is 2.13. The van der Waals surface area contributed by atoms with E-state index in [4.69, 9.17) is 4.74 Å². The van der Waals surface area contributed by atoms with Gasteiger partial charge in [-0.1, -0.05) is 47.5 Å². The SMILES string of the molecule is Cc1ccc(C(=O)COC(=O)c2cc(C)ccc2C)cc1. The summed E-state index contributed by atoms with van der Waals surface area (Å²) < 4.78 is 5.12. The molecule has 0 aliphatic carbocycles. The summed E-state index contributed by atoms with van der Waals surface area (Å²) in [6, 6.07) is 12.8. The molecule has 108 valence electrons. The number of rotatable bonds is 4. The van der Waals surface area contributed by atoms with Gasteiger partial charge in [-0.15, -0.1) is 0 Å². The summed E-state index contributed by atoms with van der Waals surface area (Å²) in [7, 11) is 0. The van der Waals surface area contributed by atoms with Crippen LogP contribution in [0.5, 0.6) is 0 Å². The van der Waals surface area contributed by atoms with Gasteiger partial charge in [0.1, 0.15) is 0 Å². The van der Waals surface area contributed by atoms with Gasteiger partial charge < -0.3 is 4.74 Å². The van der Waals surface area contributed by atoms with E-state index in [9.17, 15) is 9.59 Å². The van der Waals surface area contributed by atoms with E-state index >= 15 is 0 Å². The van der Waals surface area contributed by atoms with Gasteiger partial charge in [0, 0.05) is 5.56 Å². The first-order valence-electron chi connectivity index (χ1n) is 6.81. The highest BCUT2D eigenvalue weighted by Crippen LogP contribution is 2.12. The number of hydrogen-bond acceptors (Lipinski definition) is 3. The third-order valence-corrected chi connectivity index (χ3v) is 3.32. The van der Waals surface area contributed by atoms with Gasteiger partial charge in [0.15, 0.2) is 12.4 Å². The summed E-state index contributed by atoms with van der Waals surface area (Å²) in [4.78, 5) is 24.0. The Morgan fingerprint density at radius 1 is 0.905 bits per heavy atom. The van der Waals surface area contributed by atoms with Crippen molar-refractivity contribution >= 4 is 11.8 Å². The molecule has 0 saturated heterocycles. The van der Waals surface area contributed by atoms with E-state index in [2.05, 4.69) is 0 Å². The minimum Gasteiger partial charge on any atom is -0.454 e. The molecule has 0 aliphatic rings. The smallest absolute Gasteiger partial charge is 0.338 e. The third kappa shape index (κ3) is 3.78. The van der Waals surface area contributed by atoms with Crippen LogP contribution in [0.2, 0.25) is 0 Å². The quantitative estimate of drug-likeness (QED) is 0.635. The second-order valence-electron chi connectivity index (χ2n) is 5.18.